The van der Waals surface area contributed by atoms with Gasteiger partial charge in [0.05, 0.1) is 11.4 Å². The molecule has 0 atom stereocenters. The maximum Gasteiger partial charge on any atom is 0.298 e. The van der Waals surface area contributed by atoms with Crippen LogP contribution in [0.3, 0.4) is 0 Å². The van der Waals surface area contributed by atoms with Gasteiger partial charge >= 0.3 is 0 Å². The molecule has 2 rings (SSSR count). The van der Waals surface area contributed by atoms with E-state index >= 15 is 0 Å². The summed E-state index contributed by atoms with van der Waals surface area (Å²) in [5.74, 6) is 0.757. The maximum absolute atomic E-state index is 10.4. The van der Waals surface area contributed by atoms with E-state index in [1.165, 1.54) is 0 Å². The first-order valence-corrected chi connectivity index (χ1v) is 5.80. The highest BCUT2D eigenvalue weighted by Crippen LogP contribution is 2.25. The molecule has 2 heterocycles. The van der Waals surface area contributed by atoms with Crippen LogP contribution in [0, 0.1) is 13.8 Å². The van der Waals surface area contributed by atoms with Crippen LogP contribution in [0.1, 0.15) is 11.4 Å². The Morgan fingerprint density at radius 2 is 1.20 bits per heavy atom. The number of ether oxygens (including phenoxy) is 2. The Kier molecular flexibility index (Phi) is 4.05. The average Bonchev–Trinajstić information content (AvgIpc) is 2.38. The summed E-state index contributed by atoms with van der Waals surface area (Å²) in [5, 5.41) is 0. The number of aromatic nitrogens is 2. The third-order valence-electron chi connectivity index (χ3n) is 2.48. The number of carbonyl (C=O) groups excluding carboxylic acids is 2. The number of hydrogen-bond acceptors (Lipinski definition) is 6. The largest absolute Gasteiger partial charge is 0.429 e. The number of hydrogen-bond donors (Lipinski definition) is 0. The van der Waals surface area contributed by atoms with Crippen LogP contribution in [0.5, 0.6) is 11.5 Å². The van der Waals surface area contributed by atoms with Gasteiger partial charge in [0, 0.05) is 35.7 Å². The predicted octanol–water partition coefficient (Wildman–Crippen LogP) is 1.83. The van der Waals surface area contributed by atoms with Gasteiger partial charge in [0.15, 0.2) is 0 Å². The second-order valence-corrected chi connectivity index (χ2v) is 4.09. The highest BCUT2D eigenvalue weighted by Gasteiger charge is 2.08. The maximum atomic E-state index is 10.4. The molecule has 0 fully saturated rings. The molecule has 2 aromatic rings. The smallest absolute Gasteiger partial charge is 0.298 e. The monoisotopic (exact) mass is 272 g/mol. The molecule has 2 aromatic heterocycles. The lowest BCUT2D eigenvalue weighted by atomic mass is 10.2. The zero-order valence-electron chi connectivity index (χ0n) is 11.0. The topological polar surface area (TPSA) is 78.4 Å². The first-order valence-electron chi connectivity index (χ1n) is 5.80. The third-order valence-corrected chi connectivity index (χ3v) is 2.48. The Hall–Kier alpha value is -2.76. The van der Waals surface area contributed by atoms with E-state index in [0.717, 1.165) is 0 Å². The molecule has 0 saturated heterocycles. The quantitative estimate of drug-likeness (QED) is 0.773. The zero-order chi connectivity index (χ0) is 14.5. The van der Waals surface area contributed by atoms with E-state index in [-0.39, 0.29) is 0 Å². The molecule has 0 unspecified atom stereocenters. The molecule has 0 aliphatic heterocycles. The summed E-state index contributed by atoms with van der Waals surface area (Å²) in [7, 11) is 0. The summed E-state index contributed by atoms with van der Waals surface area (Å²) in [6.07, 6.45) is 0. The molecule has 6 nitrogen and oxygen atoms in total. The van der Waals surface area contributed by atoms with Gasteiger partial charge in [-0.15, -0.1) is 0 Å². The van der Waals surface area contributed by atoms with Crippen molar-refractivity contribution in [2.75, 3.05) is 0 Å². The van der Waals surface area contributed by atoms with Crippen LogP contribution in [-0.2, 0) is 9.59 Å². The van der Waals surface area contributed by atoms with Gasteiger partial charge in [0.1, 0.15) is 11.5 Å². The third kappa shape index (κ3) is 3.17. The van der Waals surface area contributed by atoms with Crippen LogP contribution >= 0.6 is 0 Å². The molecule has 0 saturated carbocycles. The summed E-state index contributed by atoms with van der Waals surface area (Å²) in [4.78, 5) is 29.5. The van der Waals surface area contributed by atoms with Crippen molar-refractivity contribution in [3.05, 3.63) is 35.7 Å². The van der Waals surface area contributed by atoms with Gasteiger partial charge in [-0.1, -0.05) is 0 Å². The molecule has 0 bridgehead atoms. The molecule has 102 valence electrons. The number of nitrogens with zero attached hydrogens (tertiary/aromatic N) is 2. The minimum Gasteiger partial charge on any atom is -0.429 e. The van der Waals surface area contributed by atoms with E-state index < -0.39 is 0 Å². The Morgan fingerprint density at radius 1 is 0.800 bits per heavy atom. The molecule has 0 radical (unpaired) electrons. The van der Waals surface area contributed by atoms with Crippen molar-refractivity contribution >= 4 is 12.9 Å². The van der Waals surface area contributed by atoms with Crippen molar-refractivity contribution in [2.45, 2.75) is 13.8 Å². The molecular formula is C14H12N2O4. The minimum atomic E-state index is 0.350. The summed E-state index contributed by atoms with van der Waals surface area (Å²) in [6, 6.07) is 6.45. The summed E-state index contributed by atoms with van der Waals surface area (Å²) >= 11 is 0. The second-order valence-electron chi connectivity index (χ2n) is 4.09. The molecular weight excluding hydrogens is 260 g/mol. The molecule has 0 amide bonds. The number of aryl methyl sites for hydroxylation is 2. The lowest BCUT2D eigenvalue weighted by Gasteiger charge is -2.07. The molecule has 6 heteroatoms. The zero-order valence-corrected chi connectivity index (χ0v) is 11.0. The molecule has 0 spiro atoms. The van der Waals surface area contributed by atoms with Crippen molar-refractivity contribution in [3.8, 4) is 22.9 Å². The van der Waals surface area contributed by atoms with Gasteiger partial charge in [0.25, 0.3) is 12.9 Å². The highest BCUT2D eigenvalue weighted by molar-refractivity contribution is 5.61. The predicted molar refractivity (Wildman–Crippen MR) is 70.3 cm³/mol. The lowest BCUT2D eigenvalue weighted by molar-refractivity contribution is -0.121. The fourth-order valence-corrected chi connectivity index (χ4v) is 1.78. The van der Waals surface area contributed by atoms with Gasteiger partial charge in [-0.2, -0.15) is 0 Å². The Balaban J connectivity index is 2.49. The number of rotatable bonds is 5. The van der Waals surface area contributed by atoms with E-state index in [0.29, 0.717) is 47.2 Å². The van der Waals surface area contributed by atoms with Crippen LogP contribution < -0.4 is 9.47 Å². The molecule has 0 aliphatic carbocycles. The molecule has 0 aromatic carbocycles. The Bertz CT molecular complexity index is 598. The van der Waals surface area contributed by atoms with Crippen molar-refractivity contribution < 1.29 is 19.1 Å². The Labute approximate surface area is 115 Å². The minimum absolute atomic E-state index is 0.350. The van der Waals surface area contributed by atoms with Crippen LogP contribution in [0.25, 0.3) is 11.4 Å². The van der Waals surface area contributed by atoms with E-state index in [1.54, 1.807) is 38.1 Å². The van der Waals surface area contributed by atoms with E-state index in [9.17, 15) is 9.59 Å². The van der Waals surface area contributed by atoms with Crippen molar-refractivity contribution in [1.82, 2.24) is 9.97 Å². The van der Waals surface area contributed by atoms with Crippen molar-refractivity contribution in [3.63, 3.8) is 0 Å². The van der Waals surface area contributed by atoms with Crippen LogP contribution in [-0.4, -0.2) is 22.9 Å². The van der Waals surface area contributed by atoms with Gasteiger partial charge in [-0.3, -0.25) is 19.6 Å². The molecule has 0 aliphatic rings. The van der Waals surface area contributed by atoms with Gasteiger partial charge in [-0.05, 0) is 13.8 Å². The van der Waals surface area contributed by atoms with Crippen LogP contribution in [0.2, 0.25) is 0 Å². The summed E-state index contributed by atoms with van der Waals surface area (Å²) in [5.41, 5.74) is 2.42. The van der Waals surface area contributed by atoms with Gasteiger partial charge in [0.2, 0.25) is 0 Å². The van der Waals surface area contributed by atoms with E-state index in [4.69, 9.17) is 9.47 Å². The fraction of sp³-hybridized carbons (Fsp3) is 0.143. The summed E-state index contributed by atoms with van der Waals surface area (Å²) < 4.78 is 9.64. The van der Waals surface area contributed by atoms with Crippen LogP contribution in [0.15, 0.2) is 24.3 Å². The van der Waals surface area contributed by atoms with Crippen LogP contribution in [0.4, 0.5) is 0 Å². The molecule has 0 N–H and O–H groups in total. The molecule has 20 heavy (non-hydrogen) atoms. The lowest BCUT2D eigenvalue weighted by Crippen LogP contribution is -1.97. The SMILES string of the molecule is Cc1cc(OC=O)cc(-c2cc(OC=O)cc(C)n2)n1. The Morgan fingerprint density at radius 3 is 1.55 bits per heavy atom. The highest BCUT2D eigenvalue weighted by atomic mass is 16.5. The second kappa shape index (κ2) is 5.92. The summed E-state index contributed by atoms with van der Waals surface area (Å²) in [6.45, 7) is 4.26. The standard InChI is InChI=1S/C14H12N2O4/c1-9-3-11(19-7-17)5-13(15-9)14-6-12(20-8-18)4-10(2)16-14/h3-8H,1-2H3. The normalized spacial score (nSPS) is 9.90. The fourth-order valence-electron chi connectivity index (χ4n) is 1.78. The average molecular weight is 272 g/mol. The first kappa shape index (κ1) is 13.7. The van der Waals surface area contributed by atoms with E-state index in [2.05, 4.69) is 9.97 Å². The number of pyridine rings is 2. The van der Waals surface area contributed by atoms with Crippen molar-refractivity contribution in [1.29, 1.82) is 0 Å². The van der Waals surface area contributed by atoms with Crippen molar-refractivity contribution in [2.24, 2.45) is 0 Å². The first-order chi connectivity index (χ1) is 9.62. The van der Waals surface area contributed by atoms with E-state index in [1.807, 2.05) is 0 Å². The number of carbonyl (C=O) groups is 2. The van der Waals surface area contributed by atoms with Gasteiger partial charge < -0.3 is 9.47 Å². The van der Waals surface area contributed by atoms with Gasteiger partial charge in [-0.25, -0.2) is 0 Å².